The normalized spacial score (nSPS) is 11.0. The molecule has 0 atom stereocenters. The molecule has 0 spiro atoms. The van der Waals surface area contributed by atoms with Gasteiger partial charge in [0.15, 0.2) is 0 Å². The summed E-state index contributed by atoms with van der Waals surface area (Å²) < 4.78 is 11.0. The highest BCUT2D eigenvalue weighted by molar-refractivity contribution is 9.10. The SMILES string of the molecule is COC(=O)C(C)(C)NC(=O)CCCOc1ccc(Br)cc1Cl. The van der Waals surface area contributed by atoms with Crippen LogP contribution in [0.5, 0.6) is 5.75 Å². The number of carbonyl (C=O) groups excluding carboxylic acids is 2. The Labute approximate surface area is 143 Å². The van der Waals surface area contributed by atoms with E-state index in [1.165, 1.54) is 7.11 Å². The smallest absolute Gasteiger partial charge is 0.330 e. The first kappa shape index (κ1) is 18.8. The number of ether oxygens (including phenoxy) is 2. The van der Waals surface area contributed by atoms with Crippen LogP contribution in [0.1, 0.15) is 26.7 Å². The Kier molecular flexibility index (Phi) is 7.16. The maximum atomic E-state index is 11.8. The molecule has 0 aromatic heterocycles. The van der Waals surface area contributed by atoms with Gasteiger partial charge >= 0.3 is 5.97 Å². The number of rotatable bonds is 7. The number of benzene rings is 1. The van der Waals surface area contributed by atoms with Gasteiger partial charge in [-0.3, -0.25) is 4.79 Å². The molecule has 0 aliphatic carbocycles. The summed E-state index contributed by atoms with van der Waals surface area (Å²) >= 11 is 9.34. The van der Waals surface area contributed by atoms with Crippen molar-refractivity contribution >= 4 is 39.4 Å². The Hall–Kier alpha value is -1.27. The van der Waals surface area contributed by atoms with Gasteiger partial charge in [0.1, 0.15) is 11.3 Å². The summed E-state index contributed by atoms with van der Waals surface area (Å²) in [7, 11) is 1.28. The molecule has 0 unspecified atom stereocenters. The fraction of sp³-hybridized carbons (Fsp3) is 0.467. The minimum absolute atomic E-state index is 0.235. The molecule has 0 fully saturated rings. The number of halogens is 2. The van der Waals surface area contributed by atoms with Crippen LogP contribution in [0.25, 0.3) is 0 Å². The predicted molar refractivity (Wildman–Crippen MR) is 88.1 cm³/mol. The van der Waals surface area contributed by atoms with Crippen LogP contribution >= 0.6 is 27.5 Å². The van der Waals surface area contributed by atoms with Gasteiger partial charge < -0.3 is 14.8 Å². The minimum atomic E-state index is -1.04. The molecular weight excluding hydrogens is 374 g/mol. The number of esters is 1. The van der Waals surface area contributed by atoms with E-state index in [-0.39, 0.29) is 12.3 Å². The lowest BCUT2D eigenvalue weighted by Gasteiger charge is -2.23. The highest BCUT2D eigenvalue weighted by atomic mass is 79.9. The third kappa shape index (κ3) is 5.85. The highest BCUT2D eigenvalue weighted by Gasteiger charge is 2.30. The van der Waals surface area contributed by atoms with Crippen LogP contribution in [0.4, 0.5) is 0 Å². The van der Waals surface area contributed by atoms with Crippen LogP contribution < -0.4 is 10.1 Å². The second kappa shape index (κ2) is 8.39. The Bertz CT molecular complexity index is 548. The third-order valence-electron chi connectivity index (χ3n) is 2.85. The van der Waals surface area contributed by atoms with E-state index in [4.69, 9.17) is 16.3 Å². The first-order chi connectivity index (χ1) is 10.3. The molecule has 22 heavy (non-hydrogen) atoms. The Balaban J connectivity index is 2.35. The van der Waals surface area contributed by atoms with Gasteiger partial charge in [0, 0.05) is 10.9 Å². The van der Waals surface area contributed by atoms with E-state index in [2.05, 4.69) is 26.0 Å². The van der Waals surface area contributed by atoms with E-state index in [0.29, 0.717) is 23.8 Å². The maximum Gasteiger partial charge on any atom is 0.330 e. The fourth-order valence-electron chi connectivity index (χ4n) is 1.72. The molecule has 7 heteroatoms. The Morgan fingerprint density at radius 1 is 1.36 bits per heavy atom. The van der Waals surface area contributed by atoms with Gasteiger partial charge in [-0.2, -0.15) is 0 Å². The van der Waals surface area contributed by atoms with Gasteiger partial charge in [0.2, 0.25) is 5.91 Å². The van der Waals surface area contributed by atoms with E-state index >= 15 is 0 Å². The van der Waals surface area contributed by atoms with Gasteiger partial charge in [-0.15, -0.1) is 0 Å². The Morgan fingerprint density at radius 3 is 2.64 bits per heavy atom. The summed E-state index contributed by atoms with van der Waals surface area (Å²) in [5.74, 6) is -0.153. The van der Waals surface area contributed by atoms with E-state index in [1.54, 1.807) is 26.0 Å². The molecule has 0 aliphatic rings. The van der Waals surface area contributed by atoms with Gasteiger partial charge in [-0.05, 0) is 38.5 Å². The molecule has 1 aromatic rings. The molecule has 0 radical (unpaired) electrons. The zero-order valence-corrected chi connectivity index (χ0v) is 15.1. The first-order valence-corrected chi connectivity index (χ1v) is 7.90. The van der Waals surface area contributed by atoms with Gasteiger partial charge in [-0.1, -0.05) is 27.5 Å². The molecule has 122 valence electrons. The number of carbonyl (C=O) groups is 2. The van der Waals surface area contributed by atoms with Crippen LogP contribution in [-0.4, -0.2) is 31.1 Å². The summed E-state index contributed by atoms with van der Waals surface area (Å²) in [6.45, 7) is 3.54. The summed E-state index contributed by atoms with van der Waals surface area (Å²) in [5.41, 5.74) is -1.04. The third-order valence-corrected chi connectivity index (χ3v) is 3.64. The molecule has 0 saturated carbocycles. The number of methoxy groups -OCH3 is 1. The van der Waals surface area contributed by atoms with Crippen LogP contribution in [0, 0.1) is 0 Å². The molecule has 5 nitrogen and oxygen atoms in total. The van der Waals surface area contributed by atoms with Crippen molar-refractivity contribution < 1.29 is 19.1 Å². The second-order valence-electron chi connectivity index (χ2n) is 5.19. The molecule has 1 aromatic carbocycles. The van der Waals surface area contributed by atoms with Crippen molar-refractivity contribution in [1.82, 2.24) is 5.32 Å². The lowest BCUT2D eigenvalue weighted by Crippen LogP contribution is -2.50. The number of amides is 1. The lowest BCUT2D eigenvalue weighted by molar-refractivity contribution is -0.149. The largest absolute Gasteiger partial charge is 0.492 e. The van der Waals surface area contributed by atoms with Crippen molar-refractivity contribution in [3.05, 3.63) is 27.7 Å². The number of hydrogen-bond donors (Lipinski definition) is 1. The first-order valence-electron chi connectivity index (χ1n) is 6.73. The van der Waals surface area contributed by atoms with Gasteiger partial charge in [-0.25, -0.2) is 4.79 Å². The van der Waals surface area contributed by atoms with Crippen molar-refractivity contribution in [1.29, 1.82) is 0 Å². The maximum absolute atomic E-state index is 11.8. The van der Waals surface area contributed by atoms with Crippen molar-refractivity contribution in [2.45, 2.75) is 32.2 Å². The predicted octanol–water partition coefficient (Wildman–Crippen LogP) is 3.33. The summed E-state index contributed by atoms with van der Waals surface area (Å²) in [5, 5.41) is 3.13. The average molecular weight is 393 g/mol. The van der Waals surface area contributed by atoms with Crippen LogP contribution in [0.15, 0.2) is 22.7 Å². The van der Waals surface area contributed by atoms with Crippen LogP contribution in [0.3, 0.4) is 0 Å². The molecule has 1 rings (SSSR count). The van der Waals surface area contributed by atoms with E-state index in [0.717, 1.165) is 4.47 Å². The van der Waals surface area contributed by atoms with Crippen molar-refractivity contribution in [3.8, 4) is 5.75 Å². The van der Waals surface area contributed by atoms with Gasteiger partial charge in [0.25, 0.3) is 0 Å². The topological polar surface area (TPSA) is 64.6 Å². The molecule has 0 saturated heterocycles. The zero-order valence-electron chi connectivity index (χ0n) is 12.7. The van der Waals surface area contributed by atoms with Crippen LogP contribution in [-0.2, 0) is 14.3 Å². The summed E-state index contributed by atoms with van der Waals surface area (Å²) in [6, 6.07) is 5.32. The molecular formula is C15H19BrClNO4. The minimum Gasteiger partial charge on any atom is -0.492 e. The van der Waals surface area contributed by atoms with Crippen LogP contribution in [0.2, 0.25) is 5.02 Å². The number of nitrogens with one attached hydrogen (secondary N) is 1. The van der Waals surface area contributed by atoms with Crippen molar-refractivity contribution in [2.75, 3.05) is 13.7 Å². The standard InChI is InChI=1S/C15H19BrClNO4/c1-15(2,14(20)21-3)18-13(19)5-4-8-22-12-7-6-10(16)9-11(12)17/h6-7,9H,4-5,8H2,1-3H3,(H,18,19). The molecule has 0 aliphatic heterocycles. The zero-order chi connectivity index (χ0) is 16.8. The van der Waals surface area contributed by atoms with Crippen molar-refractivity contribution in [3.63, 3.8) is 0 Å². The molecule has 0 bridgehead atoms. The fourth-order valence-corrected chi connectivity index (χ4v) is 2.45. The monoisotopic (exact) mass is 391 g/mol. The number of hydrogen-bond acceptors (Lipinski definition) is 4. The molecule has 0 heterocycles. The van der Waals surface area contributed by atoms with Crippen molar-refractivity contribution in [2.24, 2.45) is 0 Å². The second-order valence-corrected chi connectivity index (χ2v) is 6.51. The van der Waals surface area contributed by atoms with Gasteiger partial charge in [0.05, 0.1) is 18.7 Å². The molecule has 1 amide bonds. The average Bonchev–Trinajstić information content (AvgIpc) is 2.43. The molecule has 1 N–H and O–H groups in total. The lowest BCUT2D eigenvalue weighted by atomic mass is 10.1. The highest BCUT2D eigenvalue weighted by Crippen LogP contribution is 2.27. The van der Waals surface area contributed by atoms with E-state index < -0.39 is 11.5 Å². The Morgan fingerprint density at radius 2 is 2.05 bits per heavy atom. The quantitative estimate of drug-likeness (QED) is 0.571. The summed E-state index contributed by atoms with van der Waals surface area (Å²) in [4.78, 5) is 23.3. The summed E-state index contributed by atoms with van der Waals surface area (Å²) in [6.07, 6.45) is 0.754. The van der Waals surface area contributed by atoms with E-state index in [9.17, 15) is 9.59 Å². The van der Waals surface area contributed by atoms with E-state index in [1.807, 2.05) is 6.07 Å².